The van der Waals surface area contributed by atoms with Gasteiger partial charge >= 0.3 is 6.16 Å². The number of ether oxygens (including phenoxy) is 1. The second-order valence-corrected chi connectivity index (χ2v) is 8.49. The molecule has 4 rings (SSSR count). The Balaban J connectivity index is 0.000000709. The zero-order valence-corrected chi connectivity index (χ0v) is 18.6. The lowest BCUT2D eigenvalue weighted by Gasteiger charge is -2.23. The Bertz CT molecular complexity index is 1070. The first-order chi connectivity index (χ1) is 15.9. The van der Waals surface area contributed by atoms with Crippen LogP contribution in [0.25, 0.3) is 0 Å². The fourth-order valence-electron chi connectivity index (χ4n) is 3.42. The summed E-state index contributed by atoms with van der Waals surface area (Å²) in [6.07, 6.45) is 4.20. The van der Waals surface area contributed by atoms with E-state index in [9.17, 15) is 9.18 Å². The first-order valence-corrected chi connectivity index (χ1v) is 11.3. The van der Waals surface area contributed by atoms with Gasteiger partial charge in [-0.25, -0.2) is 9.18 Å². The van der Waals surface area contributed by atoms with Crippen molar-refractivity contribution in [1.29, 1.82) is 0 Å². The van der Waals surface area contributed by atoms with Gasteiger partial charge < -0.3 is 14.9 Å². The minimum atomic E-state index is -1.83. The number of nitrogens with zero attached hydrogens (tertiary/aromatic N) is 2. The smallest absolute Gasteiger partial charge is 0.487 e. The number of carbonyl (C=O) groups is 2. The van der Waals surface area contributed by atoms with E-state index in [4.69, 9.17) is 19.7 Å². The second kappa shape index (κ2) is 11.9. The molecule has 2 aromatic carbocycles. The number of hydrogen-bond acceptors (Lipinski definition) is 6. The molecule has 1 aliphatic carbocycles. The molecule has 0 unspecified atom stereocenters. The summed E-state index contributed by atoms with van der Waals surface area (Å²) < 4.78 is 20.2. The van der Waals surface area contributed by atoms with E-state index in [-0.39, 0.29) is 17.4 Å². The van der Waals surface area contributed by atoms with Crippen LogP contribution in [0.1, 0.15) is 53.0 Å². The molecule has 1 aliphatic rings. The van der Waals surface area contributed by atoms with E-state index in [0.717, 1.165) is 36.3 Å². The third-order valence-electron chi connectivity index (χ3n) is 4.93. The van der Waals surface area contributed by atoms with Crippen LogP contribution in [-0.4, -0.2) is 38.6 Å². The lowest BCUT2D eigenvalue weighted by molar-refractivity contribution is 0.102. The number of carboxylic acid groups (broad SMARTS) is 2. The first-order valence-electron chi connectivity index (χ1n) is 10.5. The van der Waals surface area contributed by atoms with Gasteiger partial charge in [0.15, 0.2) is 11.6 Å². The van der Waals surface area contributed by atoms with Crippen LogP contribution in [0.3, 0.4) is 0 Å². The summed E-state index contributed by atoms with van der Waals surface area (Å²) >= 11 is 1.31. The molecular formula is C23H24FN3O5S. The second-order valence-electron chi connectivity index (χ2n) is 7.42. The van der Waals surface area contributed by atoms with Crippen LogP contribution in [0.4, 0.5) is 14.3 Å². The van der Waals surface area contributed by atoms with Crippen molar-refractivity contribution in [2.24, 2.45) is 0 Å². The molecule has 0 atom stereocenters. The summed E-state index contributed by atoms with van der Waals surface area (Å²) in [5.74, 6) is -0.740. The number of anilines is 1. The molecule has 0 bridgehead atoms. The van der Waals surface area contributed by atoms with E-state index in [1.54, 1.807) is 6.07 Å². The lowest BCUT2D eigenvalue weighted by atomic mass is 9.98. The topological polar surface area (TPSA) is 122 Å². The van der Waals surface area contributed by atoms with Crippen LogP contribution in [-0.2, 0) is 6.42 Å². The Morgan fingerprint density at radius 3 is 2.42 bits per heavy atom. The van der Waals surface area contributed by atoms with Crippen molar-refractivity contribution in [2.75, 3.05) is 5.32 Å². The van der Waals surface area contributed by atoms with E-state index < -0.39 is 17.9 Å². The van der Waals surface area contributed by atoms with Gasteiger partial charge in [-0.1, -0.05) is 48.1 Å². The van der Waals surface area contributed by atoms with Gasteiger partial charge in [0.1, 0.15) is 5.01 Å². The van der Waals surface area contributed by atoms with Gasteiger partial charge in [-0.15, -0.1) is 10.2 Å². The Hall–Kier alpha value is -3.53. The largest absolute Gasteiger partial charge is 0.503 e. The fraction of sp³-hybridized carbons (Fsp3) is 0.304. The number of aromatic nitrogens is 2. The summed E-state index contributed by atoms with van der Waals surface area (Å²) in [6, 6.07) is 14.2. The number of benzene rings is 2. The van der Waals surface area contributed by atoms with Crippen molar-refractivity contribution in [1.82, 2.24) is 10.2 Å². The number of hydrogen-bond donors (Lipinski definition) is 3. The number of carbonyl (C=O) groups excluding carboxylic acids is 1. The van der Waals surface area contributed by atoms with E-state index >= 15 is 0 Å². The molecule has 0 aliphatic heterocycles. The van der Waals surface area contributed by atoms with E-state index in [0.29, 0.717) is 11.6 Å². The Morgan fingerprint density at radius 2 is 1.76 bits per heavy atom. The monoisotopic (exact) mass is 473 g/mol. The van der Waals surface area contributed by atoms with Crippen molar-refractivity contribution in [2.45, 2.75) is 44.6 Å². The summed E-state index contributed by atoms with van der Waals surface area (Å²) in [7, 11) is 0. The van der Waals surface area contributed by atoms with Gasteiger partial charge in [0.2, 0.25) is 5.13 Å². The van der Waals surface area contributed by atoms with Gasteiger partial charge in [-0.3, -0.25) is 10.1 Å². The molecular weight excluding hydrogens is 449 g/mol. The summed E-state index contributed by atoms with van der Waals surface area (Å²) in [5, 5.41) is 26.0. The minimum Gasteiger partial charge on any atom is -0.487 e. The molecule has 33 heavy (non-hydrogen) atoms. The highest BCUT2D eigenvalue weighted by Gasteiger charge is 2.18. The third-order valence-corrected chi connectivity index (χ3v) is 5.76. The highest BCUT2D eigenvalue weighted by atomic mass is 32.1. The molecule has 8 nitrogen and oxygen atoms in total. The third kappa shape index (κ3) is 7.83. The molecule has 1 amide bonds. The number of nitrogens with one attached hydrogen (secondary N) is 1. The SMILES string of the molecule is O=C(Nc1nnc(Cc2ccccc2)s1)c1ccc(OC2CCCCC2)c(F)c1.O=C(O)O. The average Bonchev–Trinajstić information content (AvgIpc) is 3.22. The van der Waals surface area contributed by atoms with Crippen LogP contribution >= 0.6 is 11.3 Å². The predicted molar refractivity (Wildman–Crippen MR) is 122 cm³/mol. The van der Waals surface area contributed by atoms with Crippen LogP contribution in [0.2, 0.25) is 0 Å². The maximum atomic E-state index is 14.4. The molecule has 0 spiro atoms. The van der Waals surface area contributed by atoms with Crippen molar-refractivity contribution >= 4 is 28.5 Å². The zero-order valence-electron chi connectivity index (χ0n) is 17.7. The summed E-state index contributed by atoms with van der Waals surface area (Å²) in [5.41, 5.74) is 1.34. The molecule has 3 aromatic rings. The predicted octanol–water partition coefficient (Wildman–Crippen LogP) is 5.45. The quantitative estimate of drug-likeness (QED) is 0.435. The van der Waals surface area contributed by atoms with Crippen LogP contribution in [0.5, 0.6) is 5.75 Å². The van der Waals surface area contributed by atoms with Crippen LogP contribution in [0, 0.1) is 5.82 Å². The first kappa shape index (κ1) is 24.1. The van der Waals surface area contributed by atoms with Gasteiger partial charge in [-0.05, 0) is 49.4 Å². The Kier molecular flexibility index (Phi) is 8.71. The molecule has 1 fully saturated rings. The minimum absolute atomic E-state index is 0.0577. The van der Waals surface area contributed by atoms with E-state index in [2.05, 4.69) is 15.5 Å². The zero-order chi connectivity index (χ0) is 23.6. The molecule has 1 saturated carbocycles. The maximum Gasteiger partial charge on any atom is 0.503 e. The molecule has 174 valence electrons. The van der Waals surface area contributed by atoms with Gasteiger partial charge in [0.25, 0.3) is 5.91 Å². The molecule has 0 radical (unpaired) electrons. The van der Waals surface area contributed by atoms with Gasteiger partial charge in [0, 0.05) is 12.0 Å². The number of rotatable bonds is 6. The average molecular weight is 474 g/mol. The fourth-order valence-corrected chi connectivity index (χ4v) is 4.18. The Labute approximate surface area is 194 Å². The molecule has 1 heterocycles. The summed E-state index contributed by atoms with van der Waals surface area (Å²) in [4.78, 5) is 21.0. The Morgan fingerprint density at radius 1 is 1.06 bits per heavy atom. The molecule has 10 heteroatoms. The maximum absolute atomic E-state index is 14.4. The van der Waals surface area contributed by atoms with E-state index in [1.165, 1.54) is 29.9 Å². The highest BCUT2D eigenvalue weighted by Crippen LogP contribution is 2.26. The highest BCUT2D eigenvalue weighted by molar-refractivity contribution is 7.15. The van der Waals surface area contributed by atoms with Crippen molar-refractivity contribution in [3.05, 3.63) is 70.5 Å². The lowest BCUT2D eigenvalue weighted by Crippen LogP contribution is -2.20. The van der Waals surface area contributed by atoms with Crippen LogP contribution < -0.4 is 10.1 Å². The van der Waals surface area contributed by atoms with Gasteiger partial charge in [0.05, 0.1) is 6.10 Å². The molecule has 3 N–H and O–H groups in total. The van der Waals surface area contributed by atoms with Crippen molar-refractivity contribution in [3.63, 3.8) is 0 Å². The van der Waals surface area contributed by atoms with Gasteiger partial charge in [-0.2, -0.15) is 0 Å². The number of halogens is 1. The van der Waals surface area contributed by atoms with Crippen LogP contribution in [0.15, 0.2) is 48.5 Å². The standard InChI is InChI=1S/C22H22FN3O2S.CH2O3/c23-18-14-16(11-12-19(18)28-17-9-5-2-6-10-17)21(27)24-22-26-25-20(29-22)13-15-7-3-1-4-8-15;2-1(3)4/h1,3-4,7-8,11-12,14,17H,2,5-6,9-10,13H2,(H,24,26,27);(H2,2,3,4). The molecule has 0 saturated heterocycles. The number of amides is 1. The van der Waals surface area contributed by atoms with E-state index in [1.807, 2.05) is 30.3 Å². The van der Waals surface area contributed by atoms with Crippen molar-refractivity contribution in [3.8, 4) is 5.75 Å². The van der Waals surface area contributed by atoms with Crippen molar-refractivity contribution < 1.29 is 28.9 Å². The normalized spacial score (nSPS) is 13.5. The molecule has 1 aromatic heterocycles. The summed E-state index contributed by atoms with van der Waals surface area (Å²) in [6.45, 7) is 0.